The number of aromatic nitrogens is 3. The number of phenols is 1. The number of para-hydroxylation sites is 1. The molecule has 2 heterocycles. The molecular formula is C66H66N3OPt-. The van der Waals surface area contributed by atoms with Crippen LogP contribution >= 0.6 is 0 Å². The van der Waals surface area contributed by atoms with Crippen LogP contribution in [0.15, 0.2) is 158 Å². The minimum absolute atomic E-state index is 0. The molecule has 362 valence electrons. The molecule has 0 unspecified atom stereocenters. The fraction of sp³-hybridized carbons (Fsp3) is 0.273. The van der Waals surface area contributed by atoms with Crippen LogP contribution in [0.2, 0.25) is 0 Å². The fourth-order valence-electron chi connectivity index (χ4n) is 10.6. The molecule has 0 saturated carbocycles. The molecule has 0 atom stereocenters. The van der Waals surface area contributed by atoms with Gasteiger partial charge in [0.15, 0.2) is 0 Å². The van der Waals surface area contributed by atoms with Crippen LogP contribution in [0, 0.1) is 6.07 Å². The molecule has 0 spiro atoms. The first kappa shape index (κ1) is 49.6. The molecule has 0 aliphatic heterocycles. The summed E-state index contributed by atoms with van der Waals surface area (Å²) in [6, 6.07) is 58.7. The van der Waals surface area contributed by atoms with Crippen molar-refractivity contribution >= 4 is 11.0 Å². The van der Waals surface area contributed by atoms with Crippen molar-refractivity contribution in [3.63, 3.8) is 0 Å². The van der Waals surface area contributed by atoms with E-state index in [1.165, 1.54) is 33.4 Å². The number of fused-ring (bicyclic) bond motifs is 4. The molecule has 0 fully saturated rings. The molecule has 1 aliphatic carbocycles. The van der Waals surface area contributed by atoms with Gasteiger partial charge in [-0.3, -0.25) is 9.55 Å². The third kappa shape index (κ3) is 8.71. The first-order valence-corrected chi connectivity index (χ1v) is 24.9. The van der Waals surface area contributed by atoms with Gasteiger partial charge in [0.2, 0.25) is 0 Å². The molecule has 9 aromatic rings. The molecule has 7 aromatic carbocycles. The third-order valence-corrected chi connectivity index (χ3v) is 15.0. The number of benzene rings is 7. The molecule has 5 heteroatoms. The summed E-state index contributed by atoms with van der Waals surface area (Å²) in [5.41, 5.74) is 18.8. The number of phenolic OH excluding ortho intramolecular Hbond substituents is 1. The molecule has 0 radical (unpaired) electrons. The Bertz CT molecular complexity index is 3480. The van der Waals surface area contributed by atoms with Crippen molar-refractivity contribution in [3.05, 3.63) is 203 Å². The number of imidazole rings is 1. The zero-order valence-corrected chi connectivity index (χ0v) is 45.9. The van der Waals surface area contributed by atoms with Gasteiger partial charge in [0.1, 0.15) is 11.6 Å². The van der Waals surface area contributed by atoms with Gasteiger partial charge >= 0.3 is 0 Å². The summed E-state index contributed by atoms with van der Waals surface area (Å²) in [5, 5.41) is 12.7. The maximum absolute atomic E-state index is 12.7. The zero-order chi connectivity index (χ0) is 49.7. The first-order valence-electron chi connectivity index (χ1n) is 24.9. The van der Waals surface area contributed by atoms with Crippen molar-refractivity contribution in [2.45, 2.75) is 117 Å². The van der Waals surface area contributed by atoms with E-state index < -0.39 is 0 Å². The van der Waals surface area contributed by atoms with Crippen molar-refractivity contribution in [2.24, 2.45) is 0 Å². The molecule has 1 aliphatic rings. The predicted octanol–water partition coefficient (Wildman–Crippen LogP) is 17.1. The monoisotopic (exact) mass is 1110 g/mol. The van der Waals surface area contributed by atoms with Crippen LogP contribution in [0.4, 0.5) is 0 Å². The van der Waals surface area contributed by atoms with Crippen molar-refractivity contribution < 1.29 is 26.2 Å². The summed E-state index contributed by atoms with van der Waals surface area (Å²) in [4.78, 5) is 11.0. The molecule has 0 amide bonds. The Kier molecular flexibility index (Phi) is 12.4. The molecule has 0 saturated heterocycles. The Morgan fingerprint density at radius 1 is 0.507 bits per heavy atom. The van der Waals surface area contributed by atoms with Gasteiger partial charge in [-0.15, -0.1) is 29.3 Å². The maximum Gasteiger partial charge on any atom is 0.148 e. The van der Waals surface area contributed by atoms with Gasteiger partial charge in [0.25, 0.3) is 0 Å². The average molecular weight is 1110 g/mol. The third-order valence-electron chi connectivity index (χ3n) is 15.0. The molecule has 0 bridgehead atoms. The van der Waals surface area contributed by atoms with E-state index in [1.54, 1.807) is 0 Å². The van der Waals surface area contributed by atoms with Crippen molar-refractivity contribution in [3.8, 4) is 67.5 Å². The number of pyridine rings is 1. The Morgan fingerprint density at radius 3 is 1.80 bits per heavy atom. The van der Waals surface area contributed by atoms with Gasteiger partial charge in [-0.2, -0.15) is 0 Å². The summed E-state index contributed by atoms with van der Waals surface area (Å²) in [7, 11) is 0. The van der Waals surface area contributed by atoms with Crippen LogP contribution in [0.5, 0.6) is 5.75 Å². The second kappa shape index (κ2) is 17.7. The Morgan fingerprint density at radius 2 is 1.13 bits per heavy atom. The number of rotatable bonds is 7. The molecule has 2 aromatic heterocycles. The van der Waals surface area contributed by atoms with Gasteiger partial charge in [0, 0.05) is 54.9 Å². The predicted molar refractivity (Wildman–Crippen MR) is 293 cm³/mol. The Hall–Kier alpha value is -6.35. The van der Waals surface area contributed by atoms with Crippen molar-refractivity contribution in [1.82, 2.24) is 14.5 Å². The molecule has 71 heavy (non-hydrogen) atoms. The van der Waals surface area contributed by atoms with E-state index >= 15 is 0 Å². The summed E-state index contributed by atoms with van der Waals surface area (Å²) in [5.74, 6) is 0.930. The van der Waals surface area contributed by atoms with Gasteiger partial charge in [-0.05, 0) is 85.0 Å². The quantitative estimate of drug-likeness (QED) is 0.162. The number of aromatic hydroxyl groups is 1. The standard InChI is InChI=1S/C66H66N3O.Pt/c1-62(2,3)45-31-32-57(50(36-45)41-23-16-14-17-24-41)69-58-30-22-28-48(59(58)68-61(69)52-37-46(63(4,5)6)38-54(60(52)70)64(7,8)9)42-33-43(35-47(34-42)65(10,11)44-25-18-15-19-26-44)56-39-51-49-27-20-21-29-53(49)66(12,13)55(51)40-67-56;/h14-32,34-40,70H,1-13H3;/q-1;. The fourth-order valence-corrected chi connectivity index (χ4v) is 10.6. The molecule has 4 nitrogen and oxygen atoms in total. The van der Waals surface area contributed by atoms with Crippen LogP contribution in [0.25, 0.3) is 72.7 Å². The Labute approximate surface area is 436 Å². The maximum atomic E-state index is 12.7. The van der Waals surface area contributed by atoms with Crippen LogP contribution < -0.4 is 0 Å². The van der Waals surface area contributed by atoms with Gasteiger partial charge in [0.05, 0.1) is 22.3 Å². The van der Waals surface area contributed by atoms with E-state index in [-0.39, 0.29) is 53.9 Å². The summed E-state index contributed by atoms with van der Waals surface area (Å²) in [6.45, 7) is 29.2. The minimum atomic E-state index is -0.370. The Balaban J connectivity index is 0.00000624. The van der Waals surface area contributed by atoms with E-state index in [0.717, 1.165) is 66.9 Å². The summed E-state index contributed by atoms with van der Waals surface area (Å²) in [6.07, 6.45) is 2.08. The van der Waals surface area contributed by atoms with E-state index in [1.807, 2.05) is 0 Å². The van der Waals surface area contributed by atoms with Crippen LogP contribution in [0.1, 0.15) is 129 Å². The molecule has 10 rings (SSSR count). The minimum Gasteiger partial charge on any atom is -0.507 e. The van der Waals surface area contributed by atoms with Crippen LogP contribution in [0.3, 0.4) is 0 Å². The van der Waals surface area contributed by atoms with Gasteiger partial charge in [-0.25, -0.2) is 4.98 Å². The second-order valence-corrected chi connectivity index (χ2v) is 23.7. The molecule has 1 N–H and O–H groups in total. The van der Waals surface area contributed by atoms with E-state index in [0.29, 0.717) is 11.4 Å². The summed E-state index contributed by atoms with van der Waals surface area (Å²) < 4.78 is 2.29. The van der Waals surface area contributed by atoms with E-state index in [9.17, 15) is 5.11 Å². The number of hydrogen-bond acceptors (Lipinski definition) is 3. The van der Waals surface area contributed by atoms with Gasteiger partial charge < -0.3 is 5.11 Å². The second-order valence-electron chi connectivity index (χ2n) is 23.7. The topological polar surface area (TPSA) is 50.9 Å². The SMILES string of the molecule is CC(C)(C)c1ccc(-n2c(-c3cc(C(C)(C)C)cc(C(C)(C)C)c3O)nc3c(-c4[c-]c(-c5cc6c(cn5)C(C)(C)c5ccccc5-6)cc(C(C)(C)c5ccccc5)c4)cccc32)c(-c2ccccc2)c1.[Pt]. The zero-order valence-electron chi connectivity index (χ0n) is 43.6. The largest absolute Gasteiger partial charge is 0.507 e. The molecular weight excluding hydrogens is 1050 g/mol. The normalized spacial score (nSPS) is 13.5. The average Bonchev–Trinajstić information content (AvgIpc) is 3.82. The van der Waals surface area contributed by atoms with E-state index in [2.05, 4.69) is 258 Å². The summed E-state index contributed by atoms with van der Waals surface area (Å²) >= 11 is 0. The number of hydrogen-bond donors (Lipinski definition) is 1. The van der Waals surface area contributed by atoms with Crippen LogP contribution in [-0.4, -0.2) is 19.6 Å². The van der Waals surface area contributed by atoms with Gasteiger partial charge in [-0.1, -0.05) is 216 Å². The van der Waals surface area contributed by atoms with Crippen LogP contribution in [-0.2, 0) is 48.1 Å². The smallest absolute Gasteiger partial charge is 0.148 e. The van der Waals surface area contributed by atoms with Crippen molar-refractivity contribution in [2.75, 3.05) is 0 Å². The number of nitrogens with zero attached hydrogens (tertiary/aromatic N) is 3. The van der Waals surface area contributed by atoms with Crippen molar-refractivity contribution in [1.29, 1.82) is 0 Å². The van der Waals surface area contributed by atoms with E-state index in [4.69, 9.17) is 9.97 Å². The first-order chi connectivity index (χ1) is 33.0.